The summed E-state index contributed by atoms with van der Waals surface area (Å²) >= 11 is 1.81. The van der Waals surface area contributed by atoms with E-state index in [1.165, 1.54) is 10.6 Å². The van der Waals surface area contributed by atoms with Crippen molar-refractivity contribution in [1.82, 2.24) is 24.7 Å². The lowest BCUT2D eigenvalue weighted by Gasteiger charge is -2.40. The smallest absolute Gasteiger partial charge is 0.407 e. The zero-order valence-corrected chi connectivity index (χ0v) is 31.6. The van der Waals surface area contributed by atoms with Crippen molar-refractivity contribution in [2.24, 2.45) is 5.92 Å². The van der Waals surface area contributed by atoms with E-state index in [0.29, 0.717) is 24.4 Å². The zero-order chi connectivity index (χ0) is 36.4. The molecular weight excluding hydrogens is 679 g/mol. The van der Waals surface area contributed by atoms with Gasteiger partial charge in [0.25, 0.3) is 5.91 Å². The summed E-state index contributed by atoms with van der Waals surface area (Å²) in [6.07, 6.45) is 4.43. The van der Waals surface area contributed by atoms with Crippen LogP contribution in [0.25, 0.3) is 0 Å². The highest BCUT2D eigenvalue weighted by atomic mass is 32.2. The molecule has 0 aromatic heterocycles. The maximum Gasteiger partial charge on any atom is 0.407 e. The minimum absolute atomic E-state index is 0.121. The van der Waals surface area contributed by atoms with Crippen LogP contribution in [0.4, 0.5) is 16.2 Å². The SMILES string of the molecule is CC(C)(C)OC(=O)NC1CCN(Sc2cccc(N3CCN(CC4CCN(c5ccc6c(c5)CN(C5CCC(=O)NC5=O)C6=O)CC4)CC3)c2)CC1. The number of nitrogens with zero attached hydrogens (tertiary/aromatic N) is 5. The zero-order valence-electron chi connectivity index (χ0n) is 30.8. The van der Waals surface area contributed by atoms with E-state index in [1.54, 1.807) is 4.90 Å². The van der Waals surface area contributed by atoms with Crippen LogP contribution in [0.2, 0.25) is 0 Å². The first-order valence-corrected chi connectivity index (χ1v) is 19.8. The van der Waals surface area contributed by atoms with Gasteiger partial charge in [-0.15, -0.1) is 0 Å². The molecule has 1 unspecified atom stereocenters. The Morgan fingerprint density at radius 2 is 1.58 bits per heavy atom. The Balaban J connectivity index is 0.828. The van der Waals surface area contributed by atoms with Crippen LogP contribution in [0.5, 0.6) is 0 Å². The molecule has 2 N–H and O–H groups in total. The van der Waals surface area contributed by atoms with Gasteiger partial charge in [0.15, 0.2) is 0 Å². The highest BCUT2D eigenvalue weighted by Gasteiger charge is 2.39. The maximum absolute atomic E-state index is 13.1. The molecule has 5 aliphatic rings. The molecule has 0 spiro atoms. The maximum atomic E-state index is 13.1. The lowest BCUT2D eigenvalue weighted by molar-refractivity contribution is -0.136. The lowest BCUT2D eigenvalue weighted by Crippen LogP contribution is -2.52. The number of ether oxygens (including phenoxy) is 1. The van der Waals surface area contributed by atoms with E-state index in [9.17, 15) is 19.2 Å². The Morgan fingerprint density at radius 3 is 2.29 bits per heavy atom. The van der Waals surface area contributed by atoms with Gasteiger partial charge in [-0.2, -0.15) is 0 Å². The van der Waals surface area contributed by atoms with Gasteiger partial charge >= 0.3 is 6.09 Å². The molecule has 52 heavy (non-hydrogen) atoms. The molecule has 5 aliphatic heterocycles. The highest BCUT2D eigenvalue weighted by molar-refractivity contribution is 7.97. The molecule has 4 saturated heterocycles. The quantitative estimate of drug-likeness (QED) is 0.298. The average Bonchev–Trinajstić information content (AvgIpc) is 3.44. The highest BCUT2D eigenvalue weighted by Crippen LogP contribution is 2.33. The van der Waals surface area contributed by atoms with Crippen LogP contribution in [0.15, 0.2) is 47.4 Å². The van der Waals surface area contributed by atoms with Gasteiger partial charge < -0.3 is 24.8 Å². The second kappa shape index (κ2) is 15.7. The number of amides is 4. The van der Waals surface area contributed by atoms with E-state index in [1.807, 2.05) is 44.9 Å². The van der Waals surface area contributed by atoms with Gasteiger partial charge in [0, 0.05) is 99.7 Å². The van der Waals surface area contributed by atoms with Crippen molar-refractivity contribution in [1.29, 1.82) is 0 Å². The molecule has 4 fully saturated rings. The molecule has 12 nitrogen and oxygen atoms in total. The molecule has 5 heterocycles. The number of piperidine rings is 3. The van der Waals surface area contributed by atoms with E-state index < -0.39 is 11.6 Å². The van der Waals surface area contributed by atoms with Crippen LogP contribution in [-0.4, -0.2) is 115 Å². The molecule has 280 valence electrons. The number of benzene rings is 2. The average molecular weight is 732 g/mol. The van der Waals surface area contributed by atoms with Crippen LogP contribution in [0.1, 0.15) is 75.2 Å². The number of alkyl carbamates (subject to hydrolysis) is 1. The third-order valence-electron chi connectivity index (χ3n) is 11.0. The fraction of sp³-hybridized carbons (Fsp3) is 0.590. The molecule has 7 rings (SSSR count). The molecular formula is C39H53N7O5S. The van der Waals surface area contributed by atoms with E-state index in [-0.39, 0.29) is 36.3 Å². The summed E-state index contributed by atoms with van der Waals surface area (Å²) in [7, 11) is 0. The number of fused-ring (bicyclic) bond motifs is 1. The summed E-state index contributed by atoms with van der Waals surface area (Å²) in [5.41, 5.74) is 3.58. The molecule has 2 aromatic rings. The van der Waals surface area contributed by atoms with Crippen molar-refractivity contribution < 1.29 is 23.9 Å². The van der Waals surface area contributed by atoms with Crippen molar-refractivity contribution in [3.63, 3.8) is 0 Å². The van der Waals surface area contributed by atoms with Crippen molar-refractivity contribution in [3.8, 4) is 0 Å². The van der Waals surface area contributed by atoms with E-state index in [0.717, 1.165) is 95.8 Å². The molecule has 1 atom stereocenters. The van der Waals surface area contributed by atoms with Gasteiger partial charge in [-0.1, -0.05) is 6.07 Å². The minimum Gasteiger partial charge on any atom is -0.444 e. The number of piperazine rings is 1. The second-order valence-electron chi connectivity index (χ2n) is 15.9. The summed E-state index contributed by atoms with van der Waals surface area (Å²) in [6, 6.07) is 14.6. The third-order valence-corrected chi connectivity index (χ3v) is 12.1. The number of carbonyl (C=O) groups excluding carboxylic acids is 4. The lowest BCUT2D eigenvalue weighted by atomic mass is 9.95. The topological polar surface area (TPSA) is 118 Å². The van der Waals surface area contributed by atoms with Crippen molar-refractivity contribution >= 4 is 47.1 Å². The van der Waals surface area contributed by atoms with E-state index >= 15 is 0 Å². The van der Waals surface area contributed by atoms with Gasteiger partial charge in [0.2, 0.25) is 11.8 Å². The van der Waals surface area contributed by atoms with Crippen LogP contribution >= 0.6 is 11.9 Å². The molecule has 0 bridgehead atoms. The summed E-state index contributed by atoms with van der Waals surface area (Å²) in [5.74, 6) is -0.0874. The standard InChI is InChI=1S/C39H53N7O5S/c1-39(2,3)51-38(50)40-29-13-17-45(18-14-29)52-32-6-4-5-30(24-32)44-21-19-42(20-22-44)25-27-11-15-43(16-12-27)31-7-8-33-28(23-31)26-46(37(33)49)34-9-10-35(47)41-36(34)48/h4-8,23-24,27,29,34H,9-22,25-26H2,1-3H3,(H,40,50)(H,41,47,48). The van der Waals surface area contributed by atoms with Crippen LogP contribution in [-0.2, 0) is 20.9 Å². The van der Waals surface area contributed by atoms with E-state index in [2.05, 4.69) is 60.0 Å². The number of anilines is 2. The van der Waals surface area contributed by atoms with Crippen LogP contribution in [0.3, 0.4) is 0 Å². The minimum atomic E-state index is -0.584. The Morgan fingerprint density at radius 1 is 0.865 bits per heavy atom. The number of nitrogens with one attached hydrogen (secondary N) is 2. The van der Waals surface area contributed by atoms with Crippen molar-refractivity contribution in [3.05, 3.63) is 53.6 Å². The van der Waals surface area contributed by atoms with Crippen molar-refractivity contribution in [2.75, 3.05) is 68.7 Å². The fourth-order valence-electron chi connectivity index (χ4n) is 8.14. The van der Waals surface area contributed by atoms with E-state index in [4.69, 9.17) is 4.74 Å². The first kappa shape index (κ1) is 36.5. The second-order valence-corrected chi connectivity index (χ2v) is 17.1. The predicted molar refractivity (Wildman–Crippen MR) is 202 cm³/mol. The van der Waals surface area contributed by atoms with Gasteiger partial charge in [-0.05, 0) is 113 Å². The van der Waals surface area contributed by atoms with Gasteiger partial charge in [0.05, 0.1) is 0 Å². The first-order chi connectivity index (χ1) is 25.0. The first-order valence-electron chi connectivity index (χ1n) is 19.0. The Hall–Kier alpha value is -3.81. The normalized spacial score (nSPS) is 22.8. The molecule has 2 aromatic carbocycles. The molecule has 0 aliphatic carbocycles. The largest absolute Gasteiger partial charge is 0.444 e. The number of imide groups is 1. The predicted octanol–water partition coefficient (Wildman–Crippen LogP) is 4.48. The summed E-state index contributed by atoms with van der Waals surface area (Å²) in [4.78, 5) is 59.8. The summed E-state index contributed by atoms with van der Waals surface area (Å²) in [6.45, 7) is 15.2. The Labute approximate surface area is 311 Å². The molecule has 0 saturated carbocycles. The van der Waals surface area contributed by atoms with Gasteiger partial charge in [-0.3, -0.25) is 24.6 Å². The Bertz CT molecular complexity index is 1640. The van der Waals surface area contributed by atoms with Gasteiger partial charge in [-0.25, -0.2) is 9.10 Å². The van der Waals surface area contributed by atoms with Crippen LogP contribution in [0, 0.1) is 5.92 Å². The number of carbonyl (C=O) groups is 4. The number of rotatable bonds is 8. The fourth-order valence-corrected chi connectivity index (χ4v) is 9.14. The monoisotopic (exact) mass is 731 g/mol. The van der Waals surface area contributed by atoms with Crippen molar-refractivity contribution in [2.45, 2.75) is 88.4 Å². The number of hydrogen-bond acceptors (Lipinski definition) is 10. The summed E-state index contributed by atoms with van der Waals surface area (Å²) in [5, 5.41) is 5.42. The third kappa shape index (κ3) is 8.86. The Kier molecular flexibility index (Phi) is 11.0. The van der Waals surface area contributed by atoms with Gasteiger partial charge in [0.1, 0.15) is 11.6 Å². The molecule has 4 amide bonds. The molecule has 0 radical (unpaired) electrons. The number of hydrogen-bond donors (Lipinski definition) is 2. The van der Waals surface area contributed by atoms with Crippen LogP contribution < -0.4 is 20.4 Å². The molecule has 13 heteroatoms. The summed E-state index contributed by atoms with van der Waals surface area (Å²) < 4.78 is 7.83.